The number of rotatable bonds is 6. The predicted molar refractivity (Wildman–Crippen MR) is 117 cm³/mol. The Bertz CT molecular complexity index is 844. The van der Waals surface area contributed by atoms with Gasteiger partial charge >= 0.3 is 6.36 Å². The number of hydrogen-bond acceptors (Lipinski definition) is 6. The second-order valence-electron chi connectivity index (χ2n) is 7.88. The number of nitrogens with zero attached hydrogens (tertiary/aromatic N) is 5. The highest BCUT2D eigenvalue weighted by Gasteiger charge is 2.31. The zero-order valence-corrected chi connectivity index (χ0v) is 18.5. The van der Waals surface area contributed by atoms with Crippen molar-refractivity contribution < 1.29 is 17.9 Å². The largest absolute Gasteiger partial charge is 0.573 e. The molecule has 0 unspecified atom stereocenters. The van der Waals surface area contributed by atoms with Crippen LogP contribution in [-0.4, -0.2) is 89.8 Å². The number of hydrogen-bond donors (Lipinski definition) is 0. The van der Waals surface area contributed by atoms with E-state index < -0.39 is 6.36 Å². The van der Waals surface area contributed by atoms with Gasteiger partial charge in [0.2, 0.25) is 0 Å². The first-order valence-electron chi connectivity index (χ1n) is 10.6. The first kappa shape index (κ1) is 22.3. The smallest absolute Gasteiger partial charge is 0.406 e. The molecule has 2 saturated heterocycles. The summed E-state index contributed by atoms with van der Waals surface area (Å²) in [5, 5.41) is 4.70. The van der Waals surface area contributed by atoms with Crippen molar-refractivity contribution in [3.05, 3.63) is 36.0 Å². The number of piperazine rings is 1. The van der Waals surface area contributed by atoms with Crippen molar-refractivity contribution in [2.24, 2.45) is 0 Å². The van der Waals surface area contributed by atoms with Gasteiger partial charge < -0.3 is 14.5 Å². The van der Waals surface area contributed by atoms with E-state index in [4.69, 9.17) is 5.10 Å². The molecule has 2 aliphatic rings. The zero-order chi connectivity index (χ0) is 21.8. The molecule has 2 fully saturated rings. The molecule has 1 aromatic carbocycles. The fraction of sp³-hybridized carbons (Fsp3) is 0.571. The van der Waals surface area contributed by atoms with E-state index in [1.165, 1.54) is 36.7 Å². The highest BCUT2D eigenvalue weighted by Crippen LogP contribution is 2.25. The van der Waals surface area contributed by atoms with Gasteiger partial charge in [0.25, 0.3) is 0 Å². The number of anilines is 1. The number of aryl methyl sites for hydroxylation is 1. The Hall–Kier alpha value is -1.91. The van der Waals surface area contributed by atoms with Gasteiger partial charge in [0, 0.05) is 75.6 Å². The number of alkyl halides is 3. The molecule has 6 nitrogen and oxygen atoms in total. The van der Waals surface area contributed by atoms with Gasteiger partial charge in [0.1, 0.15) is 5.75 Å². The van der Waals surface area contributed by atoms with Crippen LogP contribution in [0.5, 0.6) is 5.75 Å². The number of ether oxygens (including phenoxy) is 1. The Morgan fingerprint density at radius 1 is 0.935 bits per heavy atom. The fourth-order valence-corrected chi connectivity index (χ4v) is 4.95. The molecule has 0 aliphatic carbocycles. The normalized spacial score (nSPS) is 19.0. The summed E-state index contributed by atoms with van der Waals surface area (Å²) in [6.07, 6.45) is -4.69. The summed E-state index contributed by atoms with van der Waals surface area (Å²) in [6.45, 7) is 10.5. The SMILES string of the molecule is Cc1cc(N2CCN(CCN3CCSCC3)CC2)nn1-c1ccc(OC(F)(F)F)cc1. The van der Waals surface area contributed by atoms with Crippen LogP contribution < -0.4 is 9.64 Å². The van der Waals surface area contributed by atoms with Gasteiger partial charge in [-0.25, -0.2) is 4.68 Å². The minimum Gasteiger partial charge on any atom is -0.406 e. The monoisotopic (exact) mass is 455 g/mol. The van der Waals surface area contributed by atoms with Crippen LogP contribution in [0.15, 0.2) is 30.3 Å². The van der Waals surface area contributed by atoms with Crippen molar-refractivity contribution in [1.29, 1.82) is 0 Å². The van der Waals surface area contributed by atoms with Gasteiger partial charge in [0.15, 0.2) is 5.82 Å². The number of halogens is 3. The molecule has 0 N–H and O–H groups in total. The van der Waals surface area contributed by atoms with Crippen LogP contribution >= 0.6 is 11.8 Å². The molecule has 2 aliphatic heterocycles. The van der Waals surface area contributed by atoms with Crippen LogP contribution in [0.4, 0.5) is 19.0 Å². The molecule has 170 valence electrons. The standard InChI is InChI=1S/C21H28F3N5OS/c1-17-16-20(25-29(17)18-2-4-19(5-3-18)30-21(22,23)24)28-10-8-26(9-11-28)6-7-27-12-14-31-15-13-27/h2-5,16H,6-15H2,1H3. The lowest BCUT2D eigenvalue weighted by atomic mass is 10.3. The van der Waals surface area contributed by atoms with Crippen LogP contribution in [0.1, 0.15) is 5.69 Å². The molecule has 1 aromatic heterocycles. The van der Waals surface area contributed by atoms with E-state index in [9.17, 15) is 13.2 Å². The van der Waals surface area contributed by atoms with Crippen molar-refractivity contribution in [2.45, 2.75) is 13.3 Å². The van der Waals surface area contributed by atoms with Gasteiger partial charge in [-0.15, -0.1) is 13.2 Å². The van der Waals surface area contributed by atoms with Gasteiger partial charge in [-0.2, -0.15) is 16.9 Å². The summed E-state index contributed by atoms with van der Waals surface area (Å²) >= 11 is 2.04. The average molecular weight is 456 g/mol. The van der Waals surface area contributed by atoms with Crippen molar-refractivity contribution in [3.63, 3.8) is 0 Å². The molecule has 0 spiro atoms. The Kier molecular flexibility index (Phi) is 6.98. The maximum atomic E-state index is 12.4. The number of thioether (sulfide) groups is 1. The number of benzene rings is 1. The predicted octanol–water partition coefficient (Wildman–Crippen LogP) is 3.25. The average Bonchev–Trinajstić information content (AvgIpc) is 3.14. The van der Waals surface area contributed by atoms with E-state index >= 15 is 0 Å². The minimum atomic E-state index is -4.69. The molecule has 0 saturated carbocycles. The molecule has 31 heavy (non-hydrogen) atoms. The number of aromatic nitrogens is 2. The highest BCUT2D eigenvalue weighted by atomic mass is 32.2. The second-order valence-corrected chi connectivity index (χ2v) is 9.10. The van der Waals surface area contributed by atoms with Gasteiger partial charge in [0.05, 0.1) is 5.69 Å². The zero-order valence-electron chi connectivity index (χ0n) is 17.6. The minimum absolute atomic E-state index is 0.235. The van der Waals surface area contributed by atoms with Crippen LogP contribution in [0.2, 0.25) is 0 Å². The molecular weight excluding hydrogens is 427 g/mol. The molecule has 0 bridgehead atoms. The summed E-state index contributed by atoms with van der Waals surface area (Å²) in [5.74, 6) is 3.16. The topological polar surface area (TPSA) is 36.8 Å². The molecule has 2 aromatic rings. The van der Waals surface area contributed by atoms with Gasteiger partial charge in [-0.3, -0.25) is 4.90 Å². The quantitative estimate of drug-likeness (QED) is 0.666. The van der Waals surface area contributed by atoms with Crippen molar-refractivity contribution in [2.75, 3.05) is 68.8 Å². The summed E-state index contributed by atoms with van der Waals surface area (Å²) in [7, 11) is 0. The van der Waals surface area contributed by atoms with E-state index in [1.54, 1.807) is 16.8 Å². The van der Waals surface area contributed by atoms with Crippen LogP contribution in [0.3, 0.4) is 0 Å². The molecular formula is C21H28F3N5OS. The lowest BCUT2D eigenvalue weighted by Crippen LogP contribution is -2.49. The Balaban J connectivity index is 1.32. The maximum absolute atomic E-state index is 12.4. The van der Waals surface area contributed by atoms with Crippen LogP contribution in [0.25, 0.3) is 5.69 Å². The molecule has 4 rings (SSSR count). The Morgan fingerprint density at radius 2 is 1.55 bits per heavy atom. The summed E-state index contributed by atoms with van der Waals surface area (Å²) < 4.78 is 42.8. The molecule has 10 heteroatoms. The first-order chi connectivity index (χ1) is 14.9. The summed E-state index contributed by atoms with van der Waals surface area (Å²) in [4.78, 5) is 7.35. The van der Waals surface area contributed by atoms with E-state index in [0.717, 1.165) is 50.8 Å². The van der Waals surface area contributed by atoms with Crippen LogP contribution in [0, 0.1) is 6.92 Å². The van der Waals surface area contributed by atoms with E-state index in [2.05, 4.69) is 19.4 Å². The third-order valence-electron chi connectivity index (χ3n) is 5.72. The molecule has 0 amide bonds. The maximum Gasteiger partial charge on any atom is 0.573 e. The lowest BCUT2D eigenvalue weighted by Gasteiger charge is -2.36. The molecule has 0 atom stereocenters. The first-order valence-corrected chi connectivity index (χ1v) is 11.7. The van der Waals surface area contributed by atoms with E-state index in [-0.39, 0.29) is 5.75 Å². The summed E-state index contributed by atoms with van der Waals surface area (Å²) in [5.41, 5.74) is 1.64. The second kappa shape index (κ2) is 9.70. The van der Waals surface area contributed by atoms with Gasteiger partial charge in [-0.1, -0.05) is 0 Å². The lowest BCUT2D eigenvalue weighted by molar-refractivity contribution is -0.274. The van der Waals surface area contributed by atoms with Crippen molar-refractivity contribution in [1.82, 2.24) is 19.6 Å². The fourth-order valence-electron chi connectivity index (χ4n) is 3.97. The third kappa shape index (κ3) is 6.08. The van der Waals surface area contributed by atoms with Crippen molar-refractivity contribution in [3.8, 4) is 11.4 Å². The highest BCUT2D eigenvalue weighted by molar-refractivity contribution is 7.99. The van der Waals surface area contributed by atoms with E-state index in [0.29, 0.717) is 5.69 Å². The molecule has 0 radical (unpaired) electrons. The van der Waals surface area contributed by atoms with E-state index in [1.807, 2.05) is 24.8 Å². The third-order valence-corrected chi connectivity index (χ3v) is 6.66. The molecule has 3 heterocycles. The van der Waals surface area contributed by atoms with Crippen LogP contribution in [-0.2, 0) is 0 Å². The summed E-state index contributed by atoms with van der Waals surface area (Å²) in [6, 6.07) is 7.82. The Labute approximate surface area is 184 Å². The Morgan fingerprint density at radius 3 is 2.16 bits per heavy atom. The van der Waals surface area contributed by atoms with Gasteiger partial charge in [-0.05, 0) is 31.2 Å². The van der Waals surface area contributed by atoms with Crippen molar-refractivity contribution >= 4 is 17.6 Å².